The van der Waals surface area contributed by atoms with Crippen LogP contribution in [0.1, 0.15) is 44.1 Å². The molecule has 9 aromatic rings. The molecule has 4 saturated carbocycles. The van der Waals surface area contributed by atoms with E-state index in [-0.39, 0.29) is 0 Å². The Kier molecular flexibility index (Phi) is 7.01. The molecule has 0 unspecified atom stereocenters. The summed E-state index contributed by atoms with van der Waals surface area (Å²) >= 11 is 0. The van der Waals surface area contributed by atoms with Crippen LogP contribution in [-0.2, 0) is 5.41 Å². The quantitative estimate of drug-likeness (QED) is 0.171. The molecule has 0 saturated heterocycles. The molecule has 56 heavy (non-hydrogen) atoms. The number of benzene rings is 6. The van der Waals surface area contributed by atoms with E-state index in [0.717, 1.165) is 51.1 Å². The highest BCUT2D eigenvalue weighted by atomic mass is 16.3. The van der Waals surface area contributed by atoms with Crippen molar-refractivity contribution in [2.45, 2.75) is 43.9 Å². The van der Waals surface area contributed by atoms with Gasteiger partial charge in [-0.25, -0.2) is 19.9 Å². The van der Waals surface area contributed by atoms with E-state index < -0.39 is 0 Å². The van der Waals surface area contributed by atoms with Crippen molar-refractivity contribution in [1.82, 2.24) is 24.5 Å². The van der Waals surface area contributed by atoms with Crippen LogP contribution in [-0.4, -0.2) is 24.5 Å². The molecular weight excluding hydrogens is 687 g/mol. The summed E-state index contributed by atoms with van der Waals surface area (Å²) in [5.41, 5.74) is 11.6. The summed E-state index contributed by atoms with van der Waals surface area (Å²) < 4.78 is 8.70. The molecule has 4 aliphatic rings. The average molecular weight is 726 g/mol. The lowest BCUT2D eigenvalue weighted by atomic mass is 9.48. The summed E-state index contributed by atoms with van der Waals surface area (Å²) in [4.78, 5) is 19.7. The number of nitrogens with zero attached hydrogens (tertiary/aromatic N) is 5. The third kappa shape index (κ3) is 5.01. The largest absolute Gasteiger partial charge is 0.443 e. The van der Waals surface area contributed by atoms with E-state index in [1.165, 1.54) is 72.4 Å². The smallest absolute Gasteiger partial charge is 0.182 e. The highest BCUT2D eigenvalue weighted by molar-refractivity contribution is 6.11. The Hall–Kier alpha value is -6.40. The molecule has 6 heteroatoms. The van der Waals surface area contributed by atoms with Crippen LogP contribution >= 0.6 is 0 Å². The second-order valence-corrected chi connectivity index (χ2v) is 16.6. The highest BCUT2D eigenvalue weighted by Crippen LogP contribution is 2.61. The summed E-state index contributed by atoms with van der Waals surface area (Å²) in [6, 6.07) is 49.4. The molecule has 0 N–H and O–H groups in total. The molecule has 3 aromatic heterocycles. The Morgan fingerprint density at radius 3 is 1.71 bits per heavy atom. The zero-order valence-corrected chi connectivity index (χ0v) is 31.0. The minimum atomic E-state index is 0.327. The minimum Gasteiger partial charge on any atom is -0.443 e. The van der Waals surface area contributed by atoms with Gasteiger partial charge in [-0.3, -0.25) is 0 Å². The predicted octanol–water partition coefficient (Wildman–Crippen LogP) is 12.2. The van der Waals surface area contributed by atoms with Gasteiger partial charge in [0, 0.05) is 38.7 Å². The van der Waals surface area contributed by atoms with Crippen LogP contribution in [0.25, 0.3) is 83.9 Å². The second-order valence-electron chi connectivity index (χ2n) is 16.6. The van der Waals surface area contributed by atoms with E-state index >= 15 is 0 Å². The maximum atomic E-state index is 6.22. The van der Waals surface area contributed by atoms with Gasteiger partial charge in [-0.1, -0.05) is 103 Å². The molecule has 3 heterocycles. The fourth-order valence-corrected chi connectivity index (χ4v) is 11.1. The Bertz CT molecular complexity index is 2860. The molecule has 4 fully saturated rings. The van der Waals surface area contributed by atoms with Crippen molar-refractivity contribution >= 4 is 32.9 Å². The van der Waals surface area contributed by atoms with Crippen molar-refractivity contribution in [3.63, 3.8) is 0 Å². The molecule has 0 atom stereocenters. The van der Waals surface area contributed by atoms with Gasteiger partial charge in [0.15, 0.2) is 29.4 Å². The van der Waals surface area contributed by atoms with Gasteiger partial charge in [-0.15, -0.1) is 0 Å². The maximum absolute atomic E-state index is 6.22. The Morgan fingerprint density at radius 1 is 0.518 bits per heavy atom. The molecular formula is C50H39N5O. The van der Waals surface area contributed by atoms with Gasteiger partial charge in [0.2, 0.25) is 0 Å². The van der Waals surface area contributed by atoms with E-state index in [1.54, 1.807) is 5.56 Å². The van der Waals surface area contributed by atoms with Crippen LogP contribution in [0.5, 0.6) is 0 Å². The summed E-state index contributed by atoms with van der Waals surface area (Å²) in [7, 11) is 0. The fourth-order valence-electron chi connectivity index (χ4n) is 11.1. The van der Waals surface area contributed by atoms with Gasteiger partial charge in [-0.2, -0.15) is 0 Å². The highest BCUT2D eigenvalue weighted by Gasteiger charge is 2.51. The summed E-state index contributed by atoms with van der Waals surface area (Å²) in [6.07, 6.45) is 9.95. The lowest BCUT2D eigenvalue weighted by Crippen LogP contribution is -2.48. The summed E-state index contributed by atoms with van der Waals surface area (Å²) in [5, 5.41) is 2.55. The number of rotatable bonds is 6. The third-order valence-electron chi connectivity index (χ3n) is 13.2. The van der Waals surface area contributed by atoms with Crippen LogP contribution < -0.4 is 0 Å². The predicted molar refractivity (Wildman–Crippen MR) is 223 cm³/mol. The monoisotopic (exact) mass is 725 g/mol. The van der Waals surface area contributed by atoms with Crippen LogP contribution in [0.2, 0.25) is 0 Å². The molecule has 4 bridgehead atoms. The molecule has 0 spiro atoms. The first-order valence-electron chi connectivity index (χ1n) is 20.0. The molecule has 0 radical (unpaired) electrons. The summed E-state index contributed by atoms with van der Waals surface area (Å²) in [5.74, 6) is 4.49. The Labute approximate surface area is 324 Å². The first-order valence-corrected chi connectivity index (χ1v) is 20.0. The van der Waals surface area contributed by atoms with Crippen molar-refractivity contribution in [2.75, 3.05) is 0 Å². The van der Waals surface area contributed by atoms with Gasteiger partial charge < -0.3 is 8.98 Å². The number of para-hydroxylation sites is 1. The normalized spacial score (nSPS) is 21.4. The van der Waals surface area contributed by atoms with Crippen molar-refractivity contribution in [3.8, 4) is 51.0 Å². The van der Waals surface area contributed by atoms with Gasteiger partial charge >= 0.3 is 0 Å². The molecule has 6 nitrogen and oxygen atoms in total. The Balaban J connectivity index is 1.01. The van der Waals surface area contributed by atoms with Crippen molar-refractivity contribution in [3.05, 3.63) is 151 Å². The number of oxazole rings is 1. The van der Waals surface area contributed by atoms with Gasteiger partial charge in [-0.05, 0) is 109 Å². The van der Waals surface area contributed by atoms with Crippen molar-refractivity contribution in [2.24, 2.45) is 17.8 Å². The zero-order chi connectivity index (χ0) is 36.8. The van der Waals surface area contributed by atoms with Gasteiger partial charge in [0.05, 0.1) is 11.0 Å². The fraction of sp³-hybridized carbons (Fsp3) is 0.200. The lowest BCUT2D eigenvalue weighted by molar-refractivity contribution is -0.00513. The number of hydrogen-bond acceptors (Lipinski definition) is 5. The van der Waals surface area contributed by atoms with Crippen molar-refractivity contribution in [1.29, 1.82) is 0 Å². The van der Waals surface area contributed by atoms with E-state index in [4.69, 9.17) is 24.4 Å². The van der Waals surface area contributed by atoms with E-state index in [2.05, 4.69) is 83.4 Å². The van der Waals surface area contributed by atoms with Gasteiger partial charge in [0.1, 0.15) is 5.52 Å². The topological polar surface area (TPSA) is 69.6 Å². The average Bonchev–Trinajstić information content (AvgIpc) is 3.87. The van der Waals surface area contributed by atoms with Crippen molar-refractivity contribution < 1.29 is 4.42 Å². The van der Waals surface area contributed by atoms with E-state index in [0.29, 0.717) is 28.5 Å². The van der Waals surface area contributed by atoms with E-state index in [9.17, 15) is 0 Å². The molecule has 0 amide bonds. The molecule has 4 aliphatic carbocycles. The van der Waals surface area contributed by atoms with Crippen LogP contribution in [0.4, 0.5) is 0 Å². The number of fused-ring (bicyclic) bond motifs is 4. The van der Waals surface area contributed by atoms with Crippen LogP contribution in [0, 0.1) is 17.8 Å². The summed E-state index contributed by atoms with van der Waals surface area (Å²) in [6.45, 7) is 0. The molecule has 270 valence electrons. The first kappa shape index (κ1) is 31.9. The minimum absolute atomic E-state index is 0.327. The molecule has 13 rings (SSSR count). The SMILES string of the molecule is c1ccc(-c2nc(-c3ccccc3)nc(-c3ccc(-c4ccc5c6ccc(C78CC9CC(CC(C9)C7)C8)cc6n(-c6ccccc6)c5c4)c4ocnc34)n2)cc1. The first-order chi connectivity index (χ1) is 27.7. The standard InChI is InChI=1S/C50H39N5O/c1-4-10-34(11-5-1)47-52-48(35-12-6-2-7-13-35)54-49(53-47)42-21-20-39(46-45(42)51-30-56-46)36-16-18-40-41-19-17-37(50-27-31-22-32(28-50)24-33(23-31)29-50)26-44(41)55(43(40)25-36)38-14-8-3-9-15-38/h1-21,25-26,30-33H,22-24,27-29H2. The third-order valence-corrected chi connectivity index (χ3v) is 13.2. The van der Waals surface area contributed by atoms with Gasteiger partial charge in [0.25, 0.3) is 0 Å². The maximum Gasteiger partial charge on any atom is 0.182 e. The zero-order valence-electron chi connectivity index (χ0n) is 31.0. The lowest BCUT2D eigenvalue weighted by Gasteiger charge is -2.57. The number of aromatic nitrogens is 5. The number of hydrogen-bond donors (Lipinski definition) is 0. The van der Waals surface area contributed by atoms with Crippen LogP contribution in [0.15, 0.2) is 150 Å². The van der Waals surface area contributed by atoms with E-state index in [1.807, 2.05) is 60.7 Å². The Morgan fingerprint density at radius 2 is 1.07 bits per heavy atom. The molecule has 0 aliphatic heterocycles. The second kappa shape index (κ2) is 12.3. The van der Waals surface area contributed by atoms with Crippen LogP contribution in [0.3, 0.4) is 0 Å². The molecule has 6 aromatic carbocycles.